The van der Waals surface area contributed by atoms with Gasteiger partial charge >= 0.3 is 0 Å². The van der Waals surface area contributed by atoms with Gasteiger partial charge in [0, 0.05) is 12.6 Å². The standard InChI is InChI=1S/C18H27NO3S/c20-23(21)11-5-7-16(14-23)19-13-15-6-4-10-18(12-15)22-17-8-2-1-3-9-17/h4,6,10,12,16-17,19H,1-3,5,7-9,11,13-14H2/t16-/m0/s1. The van der Waals surface area contributed by atoms with Crippen molar-refractivity contribution in [3.8, 4) is 5.75 Å². The van der Waals surface area contributed by atoms with Gasteiger partial charge in [0.2, 0.25) is 0 Å². The summed E-state index contributed by atoms with van der Waals surface area (Å²) in [5.74, 6) is 1.55. The maximum Gasteiger partial charge on any atom is 0.151 e. The van der Waals surface area contributed by atoms with Crippen molar-refractivity contribution in [1.82, 2.24) is 5.32 Å². The Labute approximate surface area is 139 Å². The molecular formula is C18H27NO3S. The molecule has 0 aromatic heterocycles. The molecule has 0 radical (unpaired) electrons. The van der Waals surface area contributed by atoms with Gasteiger partial charge in [0.1, 0.15) is 5.75 Å². The Balaban J connectivity index is 1.53. The fourth-order valence-electron chi connectivity index (χ4n) is 3.55. The van der Waals surface area contributed by atoms with Crippen LogP contribution in [0.3, 0.4) is 0 Å². The largest absolute Gasteiger partial charge is 0.490 e. The maximum absolute atomic E-state index is 11.7. The summed E-state index contributed by atoms with van der Waals surface area (Å²) in [7, 11) is -2.85. The van der Waals surface area contributed by atoms with E-state index in [0.717, 1.165) is 37.0 Å². The van der Waals surface area contributed by atoms with Gasteiger partial charge in [-0.25, -0.2) is 8.42 Å². The lowest BCUT2D eigenvalue weighted by Gasteiger charge is -2.24. The summed E-state index contributed by atoms with van der Waals surface area (Å²) in [5.41, 5.74) is 1.15. The van der Waals surface area contributed by atoms with E-state index in [-0.39, 0.29) is 11.8 Å². The van der Waals surface area contributed by atoms with Crippen LogP contribution in [-0.4, -0.2) is 32.1 Å². The Kier molecular flexibility index (Phi) is 5.59. The van der Waals surface area contributed by atoms with Crippen LogP contribution in [0.25, 0.3) is 0 Å². The molecule has 2 aliphatic rings. The number of ether oxygens (including phenoxy) is 1. The summed E-state index contributed by atoms with van der Waals surface area (Å²) in [6.07, 6.45) is 8.24. The predicted molar refractivity (Wildman–Crippen MR) is 92.5 cm³/mol. The number of sulfone groups is 1. The Morgan fingerprint density at radius 2 is 1.91 bits per heavy atom. The van der Waals surface area contributed by atoms with Crippen LogP contribution in [0.5, 0.6) is 5.75 Å². The minimum Gasteiger partial charge on any atom is -0.490 e. The molecule has 1 heterocycles. The number of hydrogen-bond acceptors (Lipinski definition) is 4. The van der Waals surface area contributed by atoms with Gasteiger partial charge in [0.25, 0.3) is 0 Å². The molecule has 23 heavy (non-hydrogen) atoms. The second-order valence-electron chi connectivity index (χ2n) is 6.86. The Morgan fingerprint density at radius 1 is 1.09 bits per heavy atom. The lowest BCUT2D eigenvalue weighted by Crippen LogP contribution is -2.39. The highest BCUT2D eigenvalue weighted by molar-refractivity contribution is 7.91. The van der Waals surface area contributed by atoms with E-state index in [1.165, 1.54) is 19.3 Å². The first-order valence-corrected chi connectivity index (χ1v) is 10.6. The van der Waals surface area contributed by atoms with Gasteiger partial charge in [0.15, 0.2) is 9.84 Å². The van der Waals surface area contributed by atoms with Crippen molar-refractivity contribution in [3.05, 3.63) is 29.8 Å². The fraction of sp³-hybridized carbons (Fsp3) is 0.667. The van der Waals surface area contributed by atoms with E-state index in [1.54, 1.807) is 0 Å². The second-order valence-corrected chi connectivity index (χ2v) is 9.09. The van der Waals surface area contributed by atoms with Crippen LogP contribution in [-0.2, 0) is 16.4 Å². The first kappa shape index (κ1) is 16.8. The molecule has 1 aliphatic carbocycles. The predicted octanol–water partition coefficient (Wildman–Crippen LogP) is 3.06. The molecule has 1 saturated heterocycles. The van der Waals surface area contributed by atoms with E-state index in [0.29, 0.717) is 18.4 Å². The summed E-state index contributed by atoms with van der Waals surface area (Å²) < 4.78 is 29.5. The van der Waals surface area contributed by atoms with E-state index in [1.807, 2.05) is 12.1 Å². The summed E-state index contributed by atoms with van der Waals surface area (Å²) in [4.78, 5) is 0. The summed E-state index contributed by atoms with van der Waals surface area (Å²) in [6, 6.07) is 8.27. The zero-order chi connectivity index (χ0) is 16.1. The molecule has 3 rings (SSSR count). The third-order valence-corrected chi connectivity index (χ3v) is 6.63. The molecule has 128 valence electrons. The van der Waals surface area contributed by atoms with E-state index in [4.69, 9.17) is 4.74 Å². The Morgan fingerprint density at radius 3 is 2.70 bits per heavy atom. The second kappa shape index (κ2) is 7.67. The van der Waals surface area contributed by atoms with Crippen LogP contribution in [0.4, 0.5) is 0 Å². The van der Waals surface area contributed by atoms with Crippen molar-refractivity contribution < 1.29 is 13.2 Å². The highest BCUT2D eigenvalue weighted by Gasteiger charge is 2.24. The SMILES string of the molecule is O=S1(=O)CCC[C@H](NCc2cccc(OC3CCCCC3)c2)C1. The molecule has 0 bridgehead atoms. The molecule has 1 aromatic rings. The number of nitrogens with one attached hydrogen (secondary N) is 1. The van der Waals surface area contributed by atoms with Gasteiger partial charge in [-0.1, -0.05) is 18.6 Å². The Hall–Kier alpha value is -1.07. The van der Waals surface area contributed by atoms with Gasteiger partial charge in [-0.05, 0) is 56.2 Å². The normalized spacial score (nSPS) is 25.1. The van der Waals surface area contributed by atoms with Crippen molar-refractivity contribution in [2.24, 2.45) is 0 Å². The zero-order valence-corrected chi connectivity index (χ0v) is 14.5. The average molecular weight is 337 g/mol. The molecule has 1 N–H and O–H groups in total. The van der Waals surface area contributed by atoms with Crippen molar-refractivity contribution in [2.75, 3.05) is 11.5 Å². The van der Waals surface area contributed by atoms with Gasteiger partial charge < -0.3 is 10.1 Å². The van der Waals surface area contributed by atoms with Gasteiger partial charge in [-0.3, -0.25) is 0 Å². The number of rotatable bonds is 5. The fourth-order valence-corrected chi connectivity index (χ4v) is 5.22. The molecular weight excluding hydrogens is 310 g/mol. The minimum atomic E-state index is -2.85. The summed E-state index contributed by atoms with van der Waals surface area (Å²) >= 11 is 0. The first-order valence-electron chi connectivity index (χ1n) is 8.80. The molecule has 5 heteroatoms. The quantitative estimate of drug-likeness (QED) is 0.897. The van der Waals surface area contributed by atoms with Crippen LogP contribution in [0.15, 0.2) is 24.3 Å². The van der Waals surface area contributed by atoms with Gasteiger partial charge in [-0.2, -0.15) is 0 Å². The number of hydrogen-bond donors (Lipinski definition) is 1. The zero-order valence-electron chi connectivity index (χ0n) is 13.7. The molecule has 2 fully saturated rings. The molecule has 1 aliphatic heterocycles. The number of benzene rings is 1. The van der Waals surface area contributed by atoms with Crippen molar-refractivity contribution >= 4 is 9.84 Å². The first-order chi connectivity index (χ1) is 11.1. The van der Waals surface area contributed by atoms with E-state index < -0.39 is 9.84 Å². The van der Waals surface area contributed by atoms with Crippen LogP contribution in [0.2, 0.25) is 0 Å². The molecule has 0 spiro atoms. The van der Waals surface area contributed by atoms with Crippen LogP contribution >= 0.6 is 0 Å². The third kappa shape index (κ3) is 5.21. The topological polar surface area (TPSA) is 55.4 Å². The smallest absolute Gasteiger partial charge is 0.151 e. The molecule has 1 saturated carbocycles. The van der Waals surface area contributed by atoms with Crippen LogP contribution < -0.4 is 10.1 Å². The van der Waals surface area contributed by atoms with Crippen LogP contribution in [0.1, 0.15) is 50.5 Å². The van der Waals surface area contributed by atoms with E-state index >= 15 is 0 Å². The van der Waals surface area contributed by atoms with Crippen molar-refractivity contribution in [2.45, 2.75) is 63.6 Å². The monoisotopic (exact) mass is 337 g/mol. The molecule has 1 aromatic carbocycles. The molecule has 1 atom stereocenters. The van der Waals surface area contributed by atoms with Crippen molar-refractivity contribution in [3.63, 3.8) is 0 Å². The van der Waals surface area contributed by atoms with Crippen molar-refractivity contribution in [1.29, 1.82) is 0 Å². The van der Waals surface area contributed by atoms with E-state index in [9.17, 15) is 8.42 Å². The average Bonchev–Trinajstić information content (AvgIpc) is 2.53. The summed E-state index contributed by atoms with van der Waals surface area (Å²) in [5, 5.41) is 3.39. The maximum atomic E-state index is 11.7. The third-order valence-electron chi connectivity index (χ3n) is 4.81. The Bertz CT molecular complexity index is 608. The molecule has 0 amide bonds. The highest BCUT2D eigenvalue weighted by atomic mass is 32.2. The van der Waals surface area contributed by atoms with E-state index in [2.05, 4.69) is 17.4 Å². The lowest BCUT2D eigenvalue weighted by molar-refractivity contribution is 0.155. The highest BCUT2D eigenvalue weighted by Crippen LogP contribution is 2.24. The lowest BCUT2D eigenvalue weighted by atomic mass is 9.98. The van der Waals surface area contributed by atoms with Gasteiger partial charge in [-0.15, -0.1) is 0 Å². The van der Waals surface area contributed by atoms with Crippen LogP contribution in [0, 0.1) is 0 Å². The molecule has 4 nitrogen and oxygen atoms in total. The minimum absolute atomic E-state index is 0.0802. The van der Waals surface area contributed by atoms with Gasteiger partial charge in [0.05, 0.1) is 17.6 Å². The summed E-state index contributed by atoms with van der Waals surface area (Å²) in [6.45, 7) is 0.696. The molecule has 0 unspecified atom stereocenters.